The molecule has 0 bridgehead atoms. The Morgan fingerprint density at radius 2 is 0.645 bits per heavy atom. The molecule has 0 aromatic carbocycles. The highest BCUT2D eigenvalue weighted by atomic mass is 31.2. The molecule has 0 aromatic heterocycles. The number of phosphoric acid groups is 1. The van der Waals surface area contributed by atoms with Crippen LogP contribution in [0.2, 0.25) is 0 Å². The highest BCUT2D eigenvalue weighted by Gasteiger charge is 2.28. The van der Waals surface area contributed by atoms with Crippen molar-refractivity contribution in [3.63, 3.8) is 0 Å². The summed E-state index contributed by atoms with van der Waals surface area (Å²) in [5.41, 5.74) is 0. The summed E-state index contributed by atoms with van der Waals surface area (Å²) in [5.74, 6) is -1.44. The lowest BCUT2D eigenvalue weighted by Crippen LogP contribution is -2.30. The van der Waals surface area contributed by atoms with Crippen LogP contribution in [0.4, 0.5) is 0 Å². The van der Waals surface area contributed by atoms with Gasteiger partial charge in [0.1, 0.15) is 12.7 Å². The molecule has 11 nitrogen and oxygen atoms in total. The van der Waals surface area contributed by atoms with Crippen LogP contribution < -0.4 is 0 Å². The second-order valence-electron chi connectivity index (χ2n) is 21.9. The lowest BCUT2D eigenvalue weighted by molar-refractivity contribution is -0.161. The third-order valence-corrected chi connectivity index (χ3v) is 15.3. The SMILES string of the molecule is CCCCC/C=C\C/C=C\CCCCCCCCCCCC(=O)OCC(COP(=O)(O)OCC(CO)OC(=O)CCCCCCCCCCCCCCC)OC(=O)CCCCCCCCCCCCCCCCCCC. The Kier molecular flexibility index (Phi) is 57.5. The summed E-state index contributed by atoms with van der Waals surface area (Å²) in [7, 11) is -4.74. The number of phosphoric ester groups is 1. The van der Waals surface area contributed by atoms with Crippen molar-refractivity contribution in [1.82, 2.24) is 0 Å². The molecule has 2 N–H and O–H groups in total. The third kappa shape index (κ3) is 56.7. The van der Waals surface area contributed by atoms with Gasteiger partial charge in [-0.3, -0.25) is 23.4 Å². The van der Waals surface area contributed by atoms with Crippen molar-refractivity contribution in [1.29, 1.82) is 0 Å². The van der Waals surface area contributed by atoms with Crippen molar-refractivity contribution in [3.05, 3.63) is 24.3 Å². The number of esters is 3. The van der Waals surface area contributed by atoms with E-state index in [1.807, 2.05) is 0 Å². The molecule has 0 aliphatic heterocycles. The first-order valence-electron chi connectivity index (χ1n) is 32.2. The Labute approximate surface area is 468 Å². The van der Waals surface area contributed by atoms with Crippen molar-refractivity contribution >= 4 is 25.7 Å². The van der Waals surface area contributed by atoms with E-state index in [9.17, 15) is 28.9 Å². The van der Waals surface area contributed by atoms with Crippen LogP contribution in [-0.4, -0.2) is 66.5 Å². The van der Waals surface area contributed by atoms with E-state index in [4.69, 9.17) is 23.3 Å². The molecule has 76 heavy (non-hydrogen) atoms. The van der Waals surface area contributed by atoms with Crippen molar-refractivity contribution in [3.8, 4) is 0 Å². The predicted octanol–water partition coefficient (Wildman–Crippen LogP) is 19.4. The van der Waals surface area contributed by atoms with Gasteiger partial charge in [-0.1, -0.05) is 283 Å². The molecule has 0 saturated carbocycles. The molecular formula is C64H121O11P. The summed E-state index contributed by atoms with van der Waals surface area (Å²) in [6.07, 6.45) is 61.2. The van der Waals surface area contributed by atoms with Gasteiger partial charge in [0, 0.05) is 19.3 Å². The minimum Gasteiger partial charge on any atom is -0.462 e. The highest BCUT2D eigenvalue weighted by Crippen LogP contribution is 2.43. The predicted molar refractivity (Wildman–Crippen MR) is 316 cm³/mol. The van der Waals surface area contributed by atoms with Gasteiger partial charge in [-0.15, -0.1) is 0 Å². The van der Waals surface area contributed by atoms with E-state index in [0.29, 0.717) is 19.3 Å². The average Bonchev–Trinajstić information content (AvgIpc) is 3.41. The molecular weight excluding hydrogens is 976 g/mol. The summed E-state index contributed by atoms with van der Waals surface area (Å²) in [4.78, 5) is 48.7. The number of hydrogen-bond donors (Lipinski definition) is 2. The van der Waals surface area contributed by atoms with Crippen molar-refractivity contribution in [2.75, 3.05) is 26.4 Å². The fraction of sp³-hybridized carbons (Fsp3) is 0.891. The van der Waals surface area contributed by atoms with E-state index in [1.165, 1.54) is 199 Å². The van der Waals surface area contributed by atoms with Gasteiger partial charge in [0.25, 0.3) is 0 Å². The van der Waals surface area contributed by atoms with Crippen LogP contribution in [0.1, 0.15) is 329 Å². The van der Waals surface area contributed by atoms with Crippen LogP contribution in [0, 0.1) is 0 Å². The molecule has 12 heteroatoms. The van der Waals surface area contributed by atoms with Crippen LogP contribution in [0.15, 0.2) is 24.3 Å². The first-order chi connectivity index (χ1) is 37.2. The molecule has 0 aromatic rings. The Hall–Kier alpha value is -2.04. The summed E-state index contributed by atoms with van der Waals surface area (Å²) in [6.45, 7) is 4.69. The lowest BCUT2D eigenvalue weighted by atomic mass is 10.0. The number of carbonyl (C=O) groups excluding carboxylic acids is 3. The van der Waals surface area contributed by atoms with Gasteiger partial charge in [-0.2, -0.15) is 0 Å². The normalized spacial score (nSPS) is 13.4. The Morgan fingerprint density at radius 3 is 1.00 bits per heavy atom. The van der Waals surface area contributed by atoms with Crippen molar-refractivity contribution < 1.29 is 52.2 Å². The number of rotatable bonds is 61. The topological polar surface area (TPSA) is 155 Å². The smallest absolute Gasteiger partial charge is 0.462 e. The van der Waals surface area contributed by atoms with Gasteiger partial charge in [-0.05, 0) is 51.4 Å². The summed E-state index contributed by atoms with van der Waals surface area (Å²) in [5, 5.41) is 9.83. The Morgan fingerprint density at radius 1 is 0.368 bits per heavy atom. The molecule has 0 rings (SSSR count). The molecule has 0 fully saturated rings. The van der Waals surface area contributed by atoms with E-state index in [1.54, 1.807) is 0 Å². The molecule has 0 heterocycles. The molecule has 448 valence electrons. The molecule has 0 spiro atoms. The van der Waals surface area contributed by atoms with E-state index in [0.717, 1.165) is 70.6 Å². The molecule has 0 aliphatic rings. The van der Waals surface area contributed by atoms with Crippen LogP contribution in [0.5, 0.6) is 0 Å². The average molecular weight is 1100 g/mol. The van der Waals surface area contributed by atoms with Crippen molar-refractivity contribution in [2.24, 2.45) is 0 Å². The summed E-state index contributed by atoms with van der Waals surface area (Å²) < 4.78 is 39.7. The minimum absolute atomic E-state index is 0.175. The van der Waals surface area contributed by atoms with Gasteiger partial charge in [0.15, 0.2) is 6.10 Å². The van der Waals surface area contributed by atoms with Gasteiger partial charge in [0.2, 0.25) is 0 Å². The van der Waals surface area contributed by atoms with E-state index >= 15 is 0 Å². The summed E-state index contributed by atoms with van der Waals surface area (Å²) in [6, 6.07) is 0. The highest BCUT2D eigenvalue weighted by molar-refractivity contribution is 7.47. The maximum absolute atomic E-state index is 12.9. The van der Waals surface area contributed by atoms with Crippen LogP contribution in [0.25, 0.3) is 0 Å². The van der Waals surface area contributed by atoms with Gasteiger partial charge < -0.3 is 24.2 Å². The molecule has 3 unspecified atom stereocenters. The zero-order valence-electron chi connectivity index (χ0n) is 49.7. The maximum Gasteiger partial charge on any atom is 0.472 e. The standard InChI is InChI=1S/C64H121O11P/c1-4-7-10-13-16-19-22-25-27-29-30-32-33-36-38-41-44-47-50-53-62(66)71-57-61(75-64(68)55-52-49-46-43-40-37-34-31-28-26-23-20-17-14-11-8-5-2)59-73-76(69,70)72-58-60(56-65)74-63(67)54-51-48-45-42-39-35-24-21-18-15-12-9-6-3/h16,19,25,27,60-61,65H,4-15,17-18,20-24,26,28-59H2,1-3H3,(H,69,70)/b19-16-,27-25-. The quantitative estimate of drug-likeness (QED) is 0.0197. The number of hydrogen-bond acceptors (Lipinski definition) is 10. The van der Waals surface area contributed by atoms with Gasteiger partial charge >= 0.3 is 25.7 Å². The van der Waals surface area contributed by atoms with Crippen LogP contribution >= 0.6 is 7.82 Å². The monoisotopic (exact) mass is 1100 g/mol. The number of carbonyl (C=O) groups is 3. The molecule has 3 atom stereocenters. The van der Waals surface area contributed by atoms with E-state index < -0.39 is 57.8 Å². The summed E-state index contributed by atoms with van der Waals surface area (Å²) >= 11 is 0. The zero-order chi connectivity index (χ0) is 55.5. The number of aliphatic hydroxyl groups is 1. The molecule has 0 radical (unpaired) electrons. The second-order valence-corrected chi connectivity index (χ2v) is 23.4. The van der Waals surface area contributed by atoms with Crippen LogP contribution in [0.3, 0.4) is 0 Å². The van der Waals surface area contributed by atoms with E-state index in [-0.39, 0.29) is 25.9 Å². The lowest BCUT2D eigenvalue weighted by Gasteiger charge is -2.21. The molecule has 0 aliphatic carbocycles. The largest absolute Gasteiger partial charge is 0.472 e. The minimum atomic E-state index is -4.74. The second kappa shape index (κ2) is 59.1. The fourth-order valence-corrected chi connectivity index (χ4v) is 10.2. The van der Waals surface area contributed by atoms with E-state index in [2.05, 4.69) is 45.1 Å². The number of ether oxygens (including phenoxy) is 3. The molecule has 0 amide bonds. The van der Waals surface area contributed by atoms with Gasteiger partial charge in [-0.25, -0.2) is 4.57 Å². The molecule has 0 saturated heterocycles. The zero-order valence-corrected chi connectivity index (χ0v) is 50.6. The number of aliphatic hydroxyl groups excluding tert-OH is 1. The number of allylic oxidation sites excluding steroid dienone is 4. The Balaban J connectivity index is 4.66. The number of unbranched alkanes of at least 4 members (excludes halogenated alkanes) is 40. The van der Waals surface area contributed by atoms with Crippen molar-refractivity contribution in [2.45, 2.75) is 341 Å². The fourth-order valence-electron chi connectivity index (χ4n) is 9.45. The van der Waals surface area contributed by atoms with Gasteiger partial charge in [0.05, 0.1) is 19.8 Å². The third-order valence-electron chi connectivity index (χ3n) is 14.4. The first-order valence-corrected chi connectivity index (χ1v) is 33.7. The Bertz CT molecular complexity index is 1370. The first kappa shape index (κ1) is 74.0. The maximum atomic E-state index is 12.9. The van der Waals surface area contributed by atoms with Crippen LogP contribution in [-0.2, 0) is 42.2 Å².